The van der Waals surface area contributed by atoms with E-state index in [2.05, 4.69) is 31.8 Å². The zero-order valence-electron chi connectivity index (χ0n) is 14.1. The highest BCUT2D eigenvalue weighted by molar-refractivity contribution is 9.18. The molecule has 1 aliphatic heterocycles. The van der Waals surface area contributed by atoms with Crippen LogP contribution in [0.5, 0.6) is 11.5 Å². The van der Waals surface area contributed by atoms with Gasteiger partial charge >= 0.3 is 0 Å². The highest BCUT2D eigenvalue weighted by atomic mass is 79.9. The number of allylic oxidation sites excluding steroid dienone is 1. The highest BCUT2D eigenvalue weighted by Gasteiger charge is 2.16. The molecule has 0 saturated carbocycles. The van der Waals surface area contributed by atoms with Crippen LogP contribution in [0.15, 0.2) is 59.7 Å². The number of nitrogens with one attached hydrogen (secondary N) is 2. The Labute approximate surface area is 164 Å². The molecule has 0 saturated heterocycles. The van der Waals surface area contributed by atoms with Gasteiger partial charge in [-0.15, -0.1) is 0 Å². The normalized spacial score (nSPS) is 12.9. The van der Waals surface area contributed by atoms with Crippen LogP contribution >= 0.6 is 15.9 Å². The molecular formula is C19H16BrN3O4. The Kier molecular flexibility index (Phi) is 6.22. The molecule has 8 heteroatoms. The van der Waals surface area contributed by atoms with Crippen molar-refractivity contribution in [1.82, 2.24) is 10.7 Å². The van der Waals surface area contributed by atoms with Crippen molar-refractivity contribution in [2.24, 2.45) is 5.10 Å². The Hall–Kier alpha value is -3.13. The number of hydrazone groups is 1. The minimum Gasteiger partial charge on any atom is -0.454 e. The Morgan fingerprint density at radius 3 is 2.70 bits per heavy atom. The van der Waals surface area contributed by atoms with E-state index >= 15 is 0 Å². The van der Waals surface area contributed by atoms with Gasteiger partial charge in [-0.1, -0.05) is 36.4 Å². The average Bonchev–Trinajstić information content (AvgIpc) is 3.17. The van der Waals surface area contributed by atoms with E-state index in [1.54, 1.807) is 24.3 Å². The second-order valence-corrected chi connectivity index (χ2v) is 6.28. The fourth-order valence-electron chi connectivity index (χ4n) is 2.22. The van der Waals surface area contributed by atoms with Gasteiger partial charge in [0.2, 0.25) is 6.79 Å². The molecule has 0 bridgehead atoms. The number of nitrogens with zero attached hydrogens (tertiary/aromatic N) is 1. The van der Waals surface area contributed by atoms with Crippen molar-refractivity contribution in [2.75, 3.05) is 13.3 Å². The van der Waals surface area contributed by atoms with Gasteiger partial charge in [-0.05, 0) is 45.8 Å². The summed E-state index contributed by atoms with van der Waals surface area (Å²) >= 11 is 3.24. The first kappa shape index (κ1) is 18.7. The zero-order chi connectivity index (χ0) is 19.1. The van der Waals surface area contributed by atoms with Crippen LogP contribution in [0, 0.1) is 0 Å². The lowest BCUT2D eigenvalue weighted by Crippen LogP contribution is -2.35. The quantitative estimate of drug-likeness (QED) is 0.545. The Morgan fingerprint density at radius 1 is 1.11 bits per heavy atom. The summed E-state index contributed by atoms with van der Waals surface area (Å²) in [5.41, 5.74) is 3.74. The predicted octanol–water partition coefficient (Wildman–Crippen LogP) is 2.68. The van der Waals surface area contributed by atoms with E-state index in [9.17, 15) is 9.59 Å². The SMILES string of the molecule is O=C(CNC(=O)c1ccc2c(c1)OCO2)NN=C(Br)C=Cc1ccccc1. The summed E-state index contributed by atoms with van der Waals surface area (Å²) < 4.78 is 10.9. The van der Waals surface area contributed by atoms with Crippen molar-refractivity contribution in [3.63, 3.8) is 0 Å². The van der Waals surface area contributed by atoms with E-state index in [1.165, 1.54) is 0 Å². The monoisotopic (exact) mass is 429 g/mol. The number of benzene rings is 2. The zero-order valence-corrected chi connectivity index (χ0v) is 15.7. The molecule has 3 rings (SSSR count). The van der Waals surface area contributed by atoms with Crippen LogP contribution in [0.2, 0.25) is 0 Å². The molecule has 0 atom stereocenters. The van der Waals surface area contributed by atoms with Crippen molar-refractivity contribution in [3.8, 4) is 11.5 Å². The summed E-state index contributed by atoms with van der Waals surface area (Å²) in [5, 5.41) is 6.42. The first-order valence-corrected chi connectivity index (χ1v) is 8.84. The molecule has 0 unspecified atom stereocenters. The lowest BCUT2D eigenvalue weighted by atomic mass is 10.2. The van der Waals surface area contributed by atoms with Crippen LogP contribution in [-0.4, -0.2) is 29.8 Å². The van der Waals surface area contributed by atoms with E-state index < -0.39 is 11.8 Å². The second-order valence-electron chi connectivity index (χ2n) is 5.46. The summed E-state index contributed by atoms with van der Waals surface area (Å²) in [6, 6.07) is 14.5. The number of amides is 2. The van der Waals surface area contributed by atoms with Crippen molar-refractivity contribution in [1.29, 1.82) is 0 Å². The predicted molar refractivity (Wildman–Crippen MR) is 105 cm³/mol. The molecule has 0 fully saturated rings. The molecular weight excluding hydrogens is 414 g/mol. The number of fused-ring (bicyclic) bond motifs is 1. The van der Waals surface area contributed by atoms with Gasteiger partial charge in [0.25, 0.3) is 11.8 Å². The molecule has 2 aromatic rings. The van der Waals surface area contributed by atoms with Gasteiger partial charge in [-0.2, -0.15) is 5.10 Å². The molecule has 0 aromatic heterocycles. The molecule has 0 spiro atoms. The number of carbonyl (C=O) groups is 2. The number of ether oxygens (including phenoxy) is 2. The summed E-state index contributed by atoms with van der Waals surface area (Å²) in [6.07, 6.45) is 3.56. The van der Waals surface area contributed by atoms with Crippen molar-refractivity contribution >= 4 is 38.4 Å². The number of carbonyl (C=O) groups excluding carboxylic acids is 2. The van der Waals surface area contributed by atoms with Gasteiger partial charge in [0, 0.05) is 5.56 Å². The van der Waals surface area contributed by atoms with Crippen molar-refractivity contribution in [3.05, 3.63) is 65.7 Å². The molecule has 0 radical (unpaired) electrons. The van der Waals surface area contributed by atoms with Crippen LogP contribution < -0.4 is 20.2 Å². The summed E-state index contributed by atoms with van der Waals surface area (Å²) in [6.45, 7) is -0.0755. The largest absolute Gasteiger partial charge is 0.454 e. The third-order valence-electron chi connectivity index (χ3n) is 3.54. The smallest absolute Gasteiger partial charge is 0.259 e. The fourth-order valence-corrected chi connectivity index (χ4v) is 2.44. The summed E-state index contributed by atoms with van der Waals surface area (Å²) in [4.78, 5) is 23.9. The lowest BCUT2D eigenvalue weighted by molar-refractivity contribution is -0.120. The molecule has 138 valence electrons. The maximum Gasteiger partial charge on any atom is 0.259 e. The van der Waals surface area contributed by atoms with E-state index in [0.29, 0.717) is 21.7 Å². The molecule has 7 nitrogen and oxygen atoms in total. The van der Waals surface area contributed by atoms with Crippen molar-refractivity contribution < 1.29 is 19.1 Å². The van der Waals surface area contributed by atoms with Crippen LogP contribution in [-0.2, 0) is 4.79 Å². The van der Waals surface area contributed by atoms with Gasteiger partial charge in [-0.3, -0.25) is 9.59 Å². The maximum absolute atomic E-state index is 12.1. The highest BCUT2D eigenvalue weighted by Crippen LogP contribution is 2.32. The topological polar surface area (TPSA) is 89.0 Å². The summed E-state index contributed by atoms with van der Waals surface area (Å²) in [7, 11) is 0. The van der Waals surface area contributed by atoms with Gasteiger partial charge in [0.1, 0.15) is 4.62 Å². The lowest BCUT2D eigenvalue weighted by Gasteiger charge is -2.05. The van der Waals surface area contributed by atoms with Gasteiger partial charge < -0.3 is 14.8 Å². The van der Waals surface area contributed by atoms with Crippen LogP contribution in [0.25, 0.3) is 6.08 Å². The third kappa shape index (κ3) is 5.42. The molecule has 27 heavy (non-hydrogen) atoms. The maximum atomic E-state index is 12.1. The first-order chi connectivity index (χ1) is 13.1. The fraction of sp³-hybridized carbons (Fsp3) is 0.105. The molecule has 1 aliphatic rings. The molecule has 1 heterocycles. The third-order valence-corrected chi connectivity index (χ3v) is 3.99. The van der Waals surface area contributed by atoms with E-state index in [1.807, 2.05) is 36.4 Å². The minimum absolute atomic E-state index is 0.133. The van der Waals surface area contributed by atoms with E-state index in [-0.39, 0.29) is 13.3 Å². The van der Waals surface area contributed by atoms with Gasteiger partial charge in [0.05, 0.1) is 6.54 Å². The molecule has 2 amide bonds. The molecule has 2 aromatic carbocycles. The number of rotatable bonds is 6. The van der Waals surface area contributed by atoms with Gasteiger partial charge in [-0.25, -0.2) is 5.43 Å². The van der Waals surface area contributed by atoms with E-state index in [4.69, 9.17) is 9.47 Å². The van der Waals surface area contributed by atoms with Crippen LogP contribution in [0.1, 0.15) is 15.9 Å². The number of hydrogen-bond donors (Lipinski definition) is 2. The standard InChI is InChI=1S/C19H16BrN3O4/c20-17(9-6-13-4-2-1-3-5-13)22-23-18(24)11-21-19(25)14-7-8-15-16(10-14)27-12-26-15/h1-10H,11-12H2,(H,21,25)(H,23,24). The Balaban J connectivity index is 1.46. The van der Waals surface area contributed by atoms with Crippen molar-refractivity contribution in [2.45, 2.75) is 0 Å². The Morgan fingerprint density at radius 2 is 1.89 bits per heavy atom. The van der Waals surface area contributed by atoms with E-state index in [0.717, 1.165) is 5.56 Å². The Bertz CT molecular complexity index is 897. The summed E-state index contributed by atoms with van der Waals surface area (Å²) in [5.74, 6) is 0.252. The van der Waals surface area contributed by atoms with Gasteiger partial charge in [0.15, 0.2) is 11.5 Å². The second kappa shape index (κ2) is 9.00. The average molecular weight is 430 g/mol. The molecule has 2 N–H and O–H groups in total. The minimum atomic E-state index is -0.450. The molecule has 0 aliphatic carbocycles. The number of hydrogen-bond acceptors (Lipinski definition) is 5. The first-order valence-electron chi connectivity index (χ1n) is 8.05. The van der Waals surface area contributed by atoms with Crippen LogP contribution in [0.3, 0.4) is 0 Å². The van der Waals surface area contributed by atoms with Crippen LogP contribution in [0.4, 0.5) is 0 Å². The number of halogens is 1.